The van der Waals surface area contributed by atoms with Gasteiger partial charge in [-0.3, -0.25) is 9.59 Å². The number of hydrogen-bond donors (Lipinski definition) is 0. The number of Topliss-reactive ketones (excluding diaryl/α,β-unsaturated/α-hetero) is 1. The summed E-state index contributed by atoms with van der Waals surface area (Å²) in [6.45, 7) is 5.57. The van der Waals surface area contributed by atoms with Gasteiger partial charge in [-0.15, -0.1) is 0 Å². The minimum absolute atomic E-state index is 0.126. The average Bonchev–Trinajstić information content (AvgIpc) is 2.38. The van der Waals surface area contributed by atoms with Gasteiger partial charge in [0.2, 0.25) is 0 Å². The highest BCUT2D eigenvalue weighted by atomic mass is 16.5. The molecule has 0 bridgehead atoms. The van der Waals surface area contributed by atoms with Gasteiger partial charge in [0.1, 0.15) is 11.5 Å². The van der Waals surface area contributed by atoms with Crippen LogP contribution < -0.4 is 9.47 Å². The fourth-order valence-electron chi connectivity index (χ4n) is 2.08. The molecule has 0 radical (unpaired) electrons. The second-order valence-corrected chi connectivity index (χ2v) is 4.99. The summed E-state index contributed by atoms with van der Waals surface area (Å²) in [5.41, 5.74) is 0.416. The van der Waals surface area contributed by atoms with Gasteiger partial charge in [-0.2, -0.15) is 0 Å². The Hall–Kier alpha value is -1.84. The molecule has 1 aromatic rings. The third-order valence-corrected chi connectivity index (χ3v) is 3.08. The number of rotatable bonds is 7. The van der Waals surface area contributed by atoms with Crippen LogP contribution in [0.15, 0.2) is 18.2 Å². The number of carbonyl (C=O) groups excluding carboxylic acids is 2. The normalized spacial score (nSPS) is 11.8. The van der Waals surface area contributed by atoms with Crippen molar-refractivity contribution in [2.45, 2.75) is 40.0 Å². The highest BCUT2D eigenvalue weighted by Crippen LogP contribution is 2.25. The van der Waals surface area contributed by atoms with Crippen LogP contribution in [-0.2, 0) is 4.79 Å². The molecule has 20 heavy (non-hydrogen) atoms. The van der Waals surface area contributed by atoms with Crippen LogP contribution in [0, 0.1) is 5.92 Å². The quantitative estimate of drug-likeness (QED) is 0.434. The molecule has 4 nitrogen and oxygen atoms in total. The van der Waals surface area contributed by atoms with Crippen LogP contribution in [0.25, 0.3) is 0 Å². The van der Waals surface area contributed by atoms with Gasteiger partial charge in [-0.05, 0) is 31.0 Å². The minimum Gasteiger partial charge on any atom is -0.496 e. The Morgan fingerprint density at radius 2 is 2.00 bits per heavy atom. The summed E-state index contributed by atoms with van der Waals surface area (Å²) in [5, 5.41) is 0. The molecule has 0 unspecified atom stereocenters. The summed E-state index contributed by atoms with van der Waals surface area (Å²) in [5.74, 6) is 0.768. The lowest BCUT2D eigenvalue weighted by Crippen LogP contribution is -2.12. The zero-order valence-electron chi connectivity index (χ0n) is 12.6. The first-order valence-corrected chi connectivity index (χ1v) is 6.87. The Morgan fingerprint density at radius 1 is 1.30 bits per heavy atom. The van der Waals surface area contributed by atoms with Crippen molar-refractivity contribution in [1.82, 2.24) is 0 Å². The molecule has 1 rings (SSSR count). The number of methoxy groups -OCH3 is 1. The molecule has 0 heterocycles. The average molecular weight is 278 g/mol. The Balaban J connectivity index is 2.75. The van der Waals surface area contributed by atoms with E-state index in [2.05, 4.69) is 6.92 Å². The van der Waals surface area contributed by atoms with E-state index >= 15 is 0 Å². The van der Waals surface area contributed by atoms with Crippen molar-refractivity contribution in [3.05, 3.63) is 23.8 Å². The van der Waals surface area contributed by atoms with Gasteiger partial charge in [0, 0.05) is 6.42 Å². The third-order valence-electron chi connectivity index (χ3n) is 3.08. The summed E-state index contributed by atoms with van der Waals surface area (Å²) in [6.07, 6.45) is 2.43. The molecule has 0 spiro atoms. The topological polar surface area (TPSA) is 52.6 Å². The van der Waals surface area contributed by atoms with E-state index in [9.17, 15) is 9.59 Å². The molecule has 0 aliphatic rings. The monoisotopic (exact) mass is 278 g/mol. The maximum Gasteiger partial charge on any atom is 0.311 e. The number of carbonyl (C=O) groups is 2. The molecule has 1 aromatic carbocycles. The largest absolute Gasteiger partial charge is 0.496 e. The molecule has 0 aromatic heterocycles. The van der Waals surface area contributed by atoms with Crippen LogP contribution in [0.2, 0.25) is 0 Å². The zero-order chi connectivity index (χ0) is 15.1. The molecule has 1 atom stereocenters. The third kappa shape index (κ3) is 4.68. The van der Waals surface area contributed by atoms with Crippen molar-refractivity contribution in [3.63, 3.8) is 0 Å². The van der Waals surface area contributed by atoms with Crippen molar-refractivity contribution in [2.75, 3.05) is 7.11 Å². The van der Waals surface area contributed by atoms with E-state index in [4.69, 9.17) is 9.47 Å². The molecule has 0 amide bonds. The van der Waals surface area contributed by atoms with Gasteiger partial charge in [0.05, 0.1) is 12.7 Å². The highest BCUT2D eigenvalue weighted by Gasteiger charge is 2.14. The molecule has 0 aliphatic carbocycles. The van der Waals surface area contributed by atoms with E-state index in [1.54, 1.807) is 18.2 Å². The molecular formula is C16H22O4. The van der Waals surface area contributed by atoms with Crippen LogP contribution in [-0.4, -0.2) is 18.9 Å². The number of ketones is 1. The number of esters is 1. The molecule has 0 aliphatic heterocycles. The van der Waals surface area contributed by atoms with Crippen LogP contribution in [0.1, 0.15) is 50.4 Å². The van der Waals surface area contributed by atoms with Crippen molar-refractivity contribution in [3.8, 4) is 11.5 Å². The predicted octanol–water partition coefficient (Wildman–Crippen LogP) is 3.63. The Bertz CT molecular complexity index is 479. The minimum atomic E-state index is -0.273. The lowest BCUT2D eigenvalue weighted by atomic mass is 10.0. The van der Waals surface area contributed by atoms with Gasteiger partial charge < -0.3 is 9.47 Å². The number of benzene rings is 1. The van der Waals surface area contributed by atoms with Gasteiger partial charge in [-0.1, -0.05) is 26.7 Å². The Labute approximate surface area is 120 Å². The number of ether oxygens (including phenoxy) is 2. The predicted molar refractivity (Wildman–Crippen MR) is 77.3 cm³/mol. The molecule has 4 heteroatoms. The van der Waals surface area contributed by atoms with Crippen LogP contribution in [0.5, 0.6) is 11.5 Å². The number of hydrogen-bond acceptors (Lipinski definition) is 4. The molecule has 0 saturated carbocycles. The first-order valence-electron chi connectivity index (χ1n) is 6.87. The van der Waals surface area contributed by atoms with E-state index < -0.39 is 0 Å². The second kappa shape index (κ2) is 7.68. The maximum atomic E-state index is 11.8. The summed E-state index contributed by atoms with van der Waals surface area (Å²) in [7, 11) is 1.50. The van der Waals surface area contributed by atoms with E-state index in [1.165, 1.54) is 14.0 Å². The maximum absolute atomic E-state index is 11.8. The second-order valence-electron chi connectivity index (χ2n) is 4.99. The van der Waals surface area contributed by atoms with E-state index in [1.807, 2.05) is 6.92 Å². The Morgan fingerprint density at radius 3 is 2.55 bits per heavy atom. The van der Waals surface area contributed by atoms with Crippen molar-refractivity contribution < 1.29 is 19.1 Å². The molecule has 0 N–H and O–H groups in total. The molecular weight excluding hydrogens is 256 g/mol. The molecule has 0 fully saturated rings. The fraction of sp³-hybridized carbons (Fsp3) is 0.500. The molecule has 0 saturated heterocycles. The zero-order valence-corrected chi connectivity index (χ0v) is 12.6. The standard InChI is InChI=1S/C16H22O4/c1-5-6-11(2)9-16(18)20-13-7-8-15(19-4)14(10-13)12(3)17/h7-8,10-11H,5-6,9H2,1-4H3/t11-/m0/s1. The van der Waals surface area contributed by atoms with Crippen molar-refractivity contribution in [1.29, 1.82) is 0 Å². The fourth-order valence-corrected chi connectivity index (χ4v) is 2.08. The first kappa shape index (κ1) is 16.2. The van der Waals surface area contributed by atoms with Crippen LogP contribution >= 0.6 is 0 Å². The van der Waals surface area contributed by atoms with Crippen molar-refractivity contribution in [2.24, 2.45) is 5.92 Å². The van der Waals surface area contributed by atoms with Crippen molar-refractivity contribution >= 4 is 11.8 Å². The van der Waals surface area contributed by atoms with E-state index in [0.29, 0.717) is 29.4 Å². The summed E-state index contributed by atoms with van der Waals surface area (Å²) >= 11 is 0. The smallest absolute Gasteiger partial charge is 0.311 e. The lowest BCUT2D eigenvalue weighted by Gasteiger charge is -2.11. The first-order chi connectivity index (χ1) is 9.47. The van der Waals surface area contributed by atoms with E-state index in [-0.39, 0.29) is 11.8 Å². The summed E-state index contributed by atoms with van der Waals surface area (Å²) < 4.78 is 10.4. The van der Waals surface area contributed by atoms with E-state index in [0.717, 1.165) is 12.8 Å². The summed E-state index contributed by atoms with van der Waals surface area (Å²) in [4.78, 5) is 23.3. The SMILES string of the molecule is CCC[C@H](C)CC(=O)Oc1ccc(OC)c(C(C)=O)c1. The van der Waals surface area contributed by atoms with Crippen LogP contribution in [0.3, 0.4) is 0 Å². The van der Waals surface area contributed by atoms with Gasteiger partial charge in [0.25, 0.3) is 0 Å². The molecule has 110 valence electrons. The lowest BCUT2D eigenvalue weighted by molar-refractivity contribution is -0.135. The van der Waals surface area contributed by atoms with Gasteiger partial charge in [0.15, 0.2) is 5.78 Å². The summed E-state index contributed by atoms with van der Waals surface area (Å²) in [6, 6.07) is 4.81. The van der Waals surface area contributed by atoms with Gasteiger partial charge >= 0.3 is 5.97 Å². The van der Waals surface area contributed by atoms with Gasteiger partial charge in [-0.25, -0.2) is 0 Å². The Kier molecular flexibility index (Phi) is 6.22. The highest BCUT2D eigenvalue weighted by molar-refractivity contribution is 5.97. The van der Waals surface area contributed by atoms with Crippen LogP contribution in [0.4, 0.5) is 0 Å².